The molecule has 0 aliphatic carbocycles. The summed E-state index contributed by atoms with van der Waals surface area (Å²) in [7, 11) is 1.73. The third-order valence-electron chi connectivity index (χ3n) is 2.04. The normalized spacial score (nSPS) is 15.9. The second-order valence-corrected chi connectivity index (χ2v) is 2.80. The molecule has 0 aliphatic heterocycles. The van der Waals surface area contributed by atoms with Crippen molar-refractivity contribution >= 4 is 6.21 Å². The monoisotopic (exact) mass is 157 g/mol. The third kappa shape index (κ3) is 3.51. The summed E-state index contributed by atoms with van der Waals surface area (Å²) >= 11 is 0. The highest BCUT2D eigenvalue weighted by atomic mass is 16.5. The first-order chi connectivity index (χ1) is 5.29. The molecule has 66 valence electrons. The minimum Gasteiger partial charge on any atom is -0.381 e. The summed E-state index contributed by atoms with van der Waals surface area (Å²) in [5.41, 5.74) is 0. The minimum absolute atomic E-state index is 0.252. The molecule has 0 bridgehead atoms. The lowest BCUT2D eigenvalue weighted by molar-refractivity contribution is 0.0672. The van der Waals surface area contributed by atoms with Gasteiger partial charge in [0, 0.05) is 19.2 Å². The van der Waals surface area contributed by atoms with Gasteiger partial charge in [-0.15, -0.1) is 0 Å². The van der Waals surface area contributed by atoms with E-state index in [1.54, 1.807) is 7.11 Å². The SMILES string of the molecule is CCCC(OC)C(C=N)CC. The molecule has 2 atom stereocenters. The van der Waals surface area contributed by atoms with Gasteiger partial charge in [0.2, 0.25) is 0 Å². The molecular formula is C9H19NO. The van der Waals surface area contributed by atoms with Crippen molar-refractivity contribution in [3.8, 4) is 0 Å². The predicted molar refractivity (Wildman–Crippen MR) is 48.3 cm³/mol. The van der Waals surface area contributed by atoms with Gasteiger partial charge < -0.3 is 10.1 Å². The Kier molecular flexibility index (Phi) is 6.13. The van der Waals surface area contributed by atoms with Crippen LogP contribution in [0.15, 0.2) is 0 Å². The minimum atomic E-state index is 0.252. The topological polar surface area (TPSA) is 33.1 Å². The van der Waals surface area contributed by atoms with E-state index in [2.05, 4.69) is 13.8 Å². The zero-order chi connectivity index (χ0) is 8.69. The summed E-state index contributed by atoms with van der Waals surface area (Å²) in [5, 5.41) is 7.17. The summed E-state index contributed by atoms with van der Waals surface area (Å²) < 4.78 is 5.28. The molecule has 0 amide bonds. The Bertz CT molecular complexity index is 104. The molecule has 1 N–H and O–H groups in total. The Morgan fingerprint density at radius 2 is 2.09 bits per heavy atom. The van der Waals surface area contributed by atoms with Gasteiger partial charge in [-0.05, 0) is 12.8 Å². The van der Waals surface area contributed by atoms with Gasteiger partial charge in [-0.25, -0.2) is 0 Å². The zero-order valence-electron chi connectivity index (χ0n) is 7.76. The van der Waals surface area contributed by atoms with Crippen molar-refractivity contribution in [3.05, 3.63) is 0 Å². The average Bonchev–Trinajstić information content (AvgIpc) is 2.05. The van der Waals surface area contributed by atoms with E-state index in [-0.39, 0.29) is 6.10 Å². The van der Waals surface area contributed by atoms with Crippen LogP contribution in [0.2, 0.25) is 0 Å². The van der Waals surface area contributed by atoms with E-state index in [0.29, 0.717) is 5.92 Å². The fraction of sp³-hybridized carbons (Fsp3) is 0.889. The Morgan fingerprint density at radius 1 is 1.45 bits per heavy atom. The van der Waals surface area contributed by atoms with E-state index < -0.39 is 0 Å². The number of hydrogen-bond acceptors (Lipinski definition) is 2. The fourth-order valence-electron chi connectivity index (χ4n) is 1.28. The Labute approximate surface area is 69.5 Å². The van der Waals surface area contributed by atoms with Crippen molar-refractivity contribution < 1.29 is 4.74 Å². The highest BCUT2D eigenvalue weighted by Gasteiger charge is 2.15. The highest BCUT2D eigenvalue weighted by molar-refractivity contribution is 5.57. The van der Waals surface area contributed by atoms with Crippen LogP contribution >= 0.6 is 0 Å². The van der Waals surface area contributed by atoms with Crippen molar-refractivity contribution in [2.75, 3.05) is 7.11 Å². The smallest absolute Gasteiger partial charge is 0.0648 e. The number of hydrogen-bond donors (Lipinski definition) is 1. The second-order valence-electron chi connectivity index (χ2n) is 2.80. The van der Waals surface area contributed by atoms with E-state index in [1.807, 2.05) is 0 Å². The summed E-state index contributed by atoms with van der Waals surface area (Å²) in [4.78, 5) is 0. The van der Waals surface area contributed by atoms with Gasteiger partial charge in [0.1, 0.15) is 0 Å². The standard InChI is InChI=1S/C9H19NO/c1-4-6-9(11-3)8(5-2)7-10/h7-10H,4-6H2,1-3H3. The maximum absolute atomic E-state index is 7.17. The summed E-state index contributed by atoms with van der Waals surface area (Å²) in [6.07, 6.45) is 4.95. The van der Waals surface area contributed by atoms with Crippen LogP contribution in [0.3, 0.4) is 0 Å². The third-order valence-corrected chi connectivity index (χ3v) is 2.04. The Hall–Kier alpha value is -0.370. The molecule has 2 unspecified atom stereocenters. The average molecular weight is 157 g/mol. The summed E-state index contributed by atoms with van der Waals surface area (Å²) in [6, 6.07) is 0. The molecule has 2 nitrogen and oxygen atoms in total. The maximum Gasteiger partial charge on any atom is 0.0648 e. The van der Waals surface area contributed by atoms with Gasteiger partial charge in [0.15, 0.2) is 0 Å². The summed E-state index contributed by atoms with van der Waals surface area (Å²) in [5.74, 6) is 0.306. The second kappa shape index (κ2) is 6.35. The molecule has 2 heteroatoms. The van der Waals surface area contributed by atoms with Gasteiger partial charge in [0.05, 0.1) is 6.10 Å². The quantitative estimate of drug-likeness (QED) is 0.590. The molecular weight excluding hydrogens is 138 g/mol. The molecule has 0 radical (unpaired) electrons. The van der Waals surface area contributed by atoms with Crippen LogP contribution in [0.5, 0.6) is 0 Å². The molecule has 0 saturated heterocycles. The first-order valence-corrected chi connectivity index (χ1v) is 4.33. The van der Waals surface area contributed by atoms with Crippen molar-refractivity contribution in [1.82, 2.24) is 0 Å². The molecule has 0 aromatic carbocycles. The van der Waals surface area contributed by atoms with Gasteiger partial charge in [-0.3, -0.25) is 0 Å². The molecule has 0 fully saturated rings. The molecule has 0 aromatic rings. The van der Waals surface area contributed by atoms with Gasteiger partial charge >= 0.3 is 0 Å². The van der Waals surface area contributed by atoms with Crippen molar-refractivity contribution in [2.24, 2.45) is 5.92 Å². The number of ether oxygens (including phenoxy) is 1. The Balaban J connectivity index is 3.86. The molecule has 0 saturated carbocycles. The van der Waals surface area contributed by atoms with E-state index >= 15 is 0 Å². The first-order valence-electron chi connectivity index (χ1n) is 4.33. The summed E-state index contributed by atoms with van der Waals surface area (Å²) in [6.45, 7) is 4.24. The molecule has 0 heterocycles. The van der Waals surface area contributed by atoms with Crippen LogP contribution in [-0.2, 0) is 4.74 Å². The van der Waals surface area contributed by atoms with Crippen molar-refractivity contribution in [3.63, 3.8) is 0 Å². The molecule has 0 rings (SSSR count). The number of methoxy groups -OCH3 is 1. The van der Waals surface area contributed by atoms with Crippen LogP contribution < -0.4 is 0 Å². The van der Waals surface area contributed by atoms with E-state index in [0.717, 1.165) is 19.3 Å². The van der Waals surface area contributed by atoms with Crippen LogP contribution in [0.25, 0.3) is 0 Å². The van der Waals surface area contributed by atoms with Gasteiger partial charge in [-0.1, -0.05) is 20.3 Å². The fourth-order valence-corrected chi connectivity index (χ4v) is 1.28. The lowest BCUT2D eigenvalue weighted by atomic mass is 9.97. The van der Waals surface area contributed by atoms with Gasteiger partial charge in [0.25, 0.3) is 0 Å². The van der Waals surface area contributed by atoms with Crippen LogP contribution in [0.4, 0.5) is 0 Å². The van der Waals surface area contributed by atoms with Gasteiger partial charge in [-0.2, -0.15) is 0 Å². The first kappa shape index (κ1) is 10.6. The van der Waals surface area contributed by atoms with E-state index in [1.165, 1.54) is 6.21 Å². The van der Waals surface area contributed by atoms with E-state index in [4.69, 9.17) is 10.1 Å². The van der Waals surface area contributed by atoms with Crippen molar-refractivity contribution in [1.29, 1.82) is 5.41 Å². The maximum atomic E-state index is 7.17. The lowest BCUT2D eigenvalue weighted by Gasteiger charge is -2.20. The van der Waals surface area contributed by atoms with Crippen molar-refractivity contribution in [2.45, 2.75) is 39.2 Å². The zero-order valence-corrected chi connectivity index (χ0v) is 7.76. The highest BCUT2D eigenvalue weighted by Crippen LogP contribution is 2.14. The lowest BCUT2D eigenvalue weighted by Crippen LogP contribution is -2.22. The Morgan fingerprint density at radius 3 is 2.36 bits per heavy atom. The number of nitrogens with one attached hydrogen (secondary N) is 1. The van der Waals surface area contributed by atoms with E-state index in [9.17, 15) is 0 Å². The van der Waals surface area contributed by atoms with Crippen LogP contribution in [-0.4, -0.2) is 19.4 Å². The largest absolute Gasteiger partial charge is 0.381 e. The number of rotatable bonds is 6. The predicted octanol–water partition coefficient (Wildman–Crippen LogP) is 2.48. The van der Waals surface area contributed by atoms with Crippen LogP contribution in [0, 0.1) is 11.3 Å². The molecule has 11 heavy (non-hydrogen) atoms. The molecule has 0 aliphatic rings. The van der Waals surface area contributed by atoms with Crippen LogP contribution in [0.1, 0.15) is 33.1 Å². The molecule has 0 aromatic heterocycles. The molecule has 0 spiro atoms.